The predicted octanol–water partition coefficient (Wildman–Crippen LogP) is 0.995. The number of aromatic nitrogens is 1. The van der Waals surface area contributed by atoms with E-state index in [1.165, 1.54) is 12.1 Å². The van der Waals surface area contributed by atoms with E-state index < -0.39 is 5.97 Å². The molecule has 1 aromatic heterocycles. The van der Waals surface area contributed by atoms with Crippen LogP contribution in [0.4, 0.5) is 0 Å². The zero-order valence-corrected chi connectivity index (χ0v) is 8.12. The molecule has 3 N–H and O–H groups in total. The Morgan fingerprint density at radius 1 is 1.33 bits per heavy atom. The van der Waals surface area contributed by atoms with Crippen LogP contribution in [0.3, 0.4) is 0 Å². The number of nitrogens with one attached hydrogen (secondary N) is 2. The number of H-pyrrole nitrogens is 1. The SMILES string of the molecule is O=C(O)c1ccc(C(=O)NC2CCC2)[nH]1. The summed E-state index contributed by atoms with van der Waals surface area (Å²) in [6.07, 6.45) is 3.17. The molecular weight excluding hydrogens is 196 g/mol. The third-order valence-electron chi connectivity index (χ3n) is 2.60. The lowest BCUT2D eigenvalue weighted by molar-refractivity contribution is 0.0691. The maximum atomic E-state index is 11.5. The highest BCUT2D eigenvalue weighted by atomic mass is 16.4. The van der Waals surface area contributed by atoms with E-state index in [-0.39, 0.29) is 17.6 Å². The first-order valence-electron chi connectivity index (χ1n) is 4.90. The molecule has 0 atom stereocenters. The molecule has 0 unspecified atom stereocenters. The van der Waals surface area contributed by atoms with Gasteiger partial charge in [0, 0.05) is 6.04 Å². The fourth-order valence-electron chi connectivity index (χ4n) is 1.47. The summed E-state index contributed by atoms with van der Waals surface area (Å²) >= 11 is 0. The van der Waals surface area contributed by atoms with Crippen molar-refractivity contribution in [3.8, 4) is 0 Å². The van der Waals surface area contributed by atoms with E-state index in [4.69, 9.17) is 5.11 Å². The van der Waals surface area contributed by atoms with Crippen molar-refractivity contribution < 1.29 is 14.7 Å². The second kappa shape index (κ2) is 3.76. The van der Waals surface area contributed by atoms with Gasteiger partial charge in [0.2, 0.25) is 0 Å². The summed E-state index contributed by atoms with van der Waals surface area (Å²) in [6, 6.07) is 3.13. The van der Waals surface area contributed by atoms with Gasteiger partial charge in [-0.2, -0.15) is 0 Å². The van der Waals surface area contributed by atoms with Crippen LogP contribution in [0.2, 0.25) is 0 Å². The quantitative estimate of drug-likeness (QED) is 0.692. The van der Waals surface area contributed by atoms with Crippen molar-refractivity contribution in [1.29, 1.82) is 0 Å². The fraction of sp³-hybridized carbons (Fsp3) is 0.400. The number of carbonyl (C=O) groups is 2. The Labute approximate surface area is 86.5 Å². The van der Waals surface area contributed by atoms with Crippen molar-refractivity contribution in [2.75, 3.05) is 0 Å². The molecule has 1 saturated carbocycles. The molecule has 1 amide bonds. The number of hydrogen-bond acceptors (Lipinski definition) is 2. The van der Waals surface area contributed by atoms with Gasteiger partial charge in [-0.3, -0.25) is 4.79 Å². The third kappa shape index (κ3) is 2.01. The second-order valence-electron chi connectivity index (χ2n) is 3.69. The molecule has 0 bridgehead atoms. The molecule has 1 heterocycles. The molecule has 0 aromatic carbocycles. The zero-order chi connectivity index (χ0) is 10.8. The summed E-state index contributed by atoms with van der Waals surface area (Å²) in [7, 11) is 0. The van der Waals surface area contributed by atoms with Crippen LogP contribution < -0.4 is 5.32 Å². The summed E-state index contributed by atoms with van der Waals surface area (Å²) in [4.78, 5) is 24.7. The number of carboxylic acids is 1. The van der Waals surface area contributed by atoms with Crippen molar-refractivity contribution >= 4 is 11.9 Å². The van der Waals surface area contributed by atoms with Crippen LogP contribution in [0.1, 0.15) is 40.2 Å². The Morgan fingerprint density at radius 3 is 2.47 bits per heavy atom. The average Bonchev–Trinajstić information content (AvgIpc) is 2.59. The number of carboxylic acid groups (broad SMARTS) is 1. The molecule has 80 valence electrons. The van der Waals surface area contributed by atoms with Gasteiger partial charge in [0.1, 0.15) is 11.4 Å². The first-order valence-corrected chi connectivity index (χ1v) is 4.90. The largest absolute Gasteiger partial charge is 0.477 e. The van der Waals surface area contributed by atoms with Crippen LogP contribution in [0.15, 0.2) is 12.1 Å². The minimum absolute atomic E-state index is 0.0359. The van der Waals surface area contributed by atoms with E-state index in [0.29, 0.717) is 5.69 Å². The Balaban J connectivity index is 2.01. The third-order valence-corrected chi connectivity index (χ3v) is 2.60. The molecule has 5 nitrogen and oxygen atoms in total. The topological polar surface area (TPSA) is 82.2 Å². The number of hydrogen-bond donors (Lipinski definition) is 3. The van der Waals surface area contributed by atoms with Crippen molar-refractivity contribution in [3.05, 3.63) is 23.5 Å². The highest BCUT2D eigenvalue weighted by molar-refractivity contribution is 5.95. The molecule has 1 aliphatic rings. The average molecular weight is 208 g/mol. The summed E-state index contributed by atoms with van der Waals surface area (Å²) in [6.45, 7) is 0. The summed E-state index contributed by atoms with van der Waals surface area (Å²) in [5.74, 6) is -1.29. The molecule has 1 fully saturated rings. The zero-order valence-electron chi connectivity index (χ0n) is 8.12. The van der Waals surface area contributed by atoms with E-state index in [2.05, 4.69) is 10.3 Å². The Morgan fingerprint density at radius 2 is 2.00 bits per heavy atom. The van der Waals surface area contributed by atoms with Gasteiger partial charge in [-0.1, -0.05) is 0 Å². The maximum absolute atomic E-state index is 11.5. The van der Waals surface area contributed by atoms with E-state index >= 15 is 0 Å². The number of aromatic carboxylic acids is 1. The summed E-state index contributed by atoms with van der Waals surface area (Å²) < 4.78 is 0. The van der Waals surface area contributed by atoms with Gasteiger partial charge in [0.15, 0.2) is 0 Å². The number of aromatic amines is 1. The highest BCUT2D eigenvalue weighted by Gasteiger charge is 2.21. The maximum Gasteiger partial charge on any atom is 0.352 e. The molecule has 15 heavy (non-hydrogen) atoms. The lowest BCUT2D eigenvalue weighted by atomic mass is 9.93. The molecule has 0 aliphatic heterocycles. The molecular formula is C10H12N2O3. The number of rotatable bonds is 3. The van der Waals surface area contributed by atoms with Crippen molar-refractivity contribution in [3.63, 3.8) is 0 Å². The van der Waals surface area contributed by atoms with Crippen LogP contribution in [0, 0.1) is 0 Å². The van der Waals surface area contributed by atoms with Crippen molar-refractivity contribution in [2.45, 2.75) is 25.3 Å². The molecule has 0 radical (unpaired) electrons. The Kier molecular flexibility index (Phi) is 2.45. The molecule has 0 spiro atoms. The normalized spacial score (nSPS) is 15.7. The van der Waals surface area contributed by atoms with Gasteiger partial charge in [-0.05, 0) is 31.4 Å². The van der Waals surface area contributed by atoms with Gasteiger partial charge < -0.3 is 15.4 Å². The van der Waals surface area contributed by atoms with Crippen LogP contribution in [-0.2, 0) is 0 Å². The van der Waals surface area contributed by atoms with Crippen molar-refractivity contribution in [2.24, 2.45) is 0 Å². The van der Waals surface area contributed by atoms with Crippen LogP contribution in [-0.4, -0.2) is 28.0 Å². The Hall–Kier alpha value is -1.78. The van der Waals surface area contributed by atoms with Gasteiger partial charge >= 0.3 is 5.97 Å². The molecule has 1 aliphatic carbocycles. The predicted molar refractivity (Wildman–Crippen MR) is 52.9 cm³/mol. The lowest BCUT2D eigenvalue weighted by Crippen LogP contribution is -2.39. The Bertz CT molecular complexity index is 393. The lowest BCUT2D eigenvalue weighted by Gasteiger charge is -2.25. The first kappa shape index (κ1) is 9.76. The number of amides is 1. The van der Waals surface area contributed by atoms with Gasteiger partial charge in [-0.25, -0.2) is 4.79 Å². The first-order chi connectivity index (χ1) is 7.16. The minimum Gasteiger partial charge on any atom is -0.477 e. The van der Waals surface area contributed by atoms with Crippen LogP contribution in [0.25, 0.3) is 0 Å². The smallest absolute Gasteiger partial charge is 0.352 e. The molecule has 2 rings (SSSR count). The molecule has 5 heteroatoms. The van der Waals surface area contributed by atoms with E-state index in [1.54, 1.807) is 0 Å². The standard InChI is InChI=1S/C10H12N2O3/c13-9(11-6-2-1-3-6)7-4-5-8(12-7)10(14)15/h4-6,12H,1-3H2,(H,11,13)(H,14,15). The van der Waals surface area contributed by atoms with E-state index in [0.717, 1.165) is 19.3 Å². The molecule has 1 aromatic rings. The fourth-order valence-corrected chi connectivity index (χ4v) is 1.47. The van der Waals surface area contributed by atoms with Crippen molar-refractivity contribution in [1.82, 2.24) is 10.3 Å². The second-order valence-corrected chi connectivity index (χ2v) is 3.69. The summed E-state index contributed by atoms with van der Waals surface area (Å²) in [5.41, 5.74) is 0.341. The van der Waals surface area contributed by atoms with E-state index in [1.807, 2.05) is 0 Å². The molecule has 0 saturated heterocycles. The summed E-state index contributed by atoms with van der Waals surface area (Å²) in [5, 5.41) is 11.5. The van der Waals surface area contributed by atoms with Crippen LogP contribution in [0.5, 0.6) is 0 Å². The van der Waals surface area contributed by atoms with Gasteiger partial charge in [-0.15, -0.1) is 0 Å². The monoisotopic (exact) mass is 208 g/mol. The number of carbonyl (C=O) groups excluding carboxylic acids is 1. The minimum atomic E-state index is -1.06. The van der Waals surface area contributed by atoms with Crippen LogP contribution >= 0.6 is 0 Å². The van der Waals surface area contributed by atoms with Gasteiger partial charge in [0.25, 0.3) is 5.91 Å². The van der Waals surface area contributed by atoms with E-state index in [9.17, 15) is 9.59 Å². The van der Waals surface area contributed by atoms with Gasteiger partial charge in [0.05, 0.1) is 0 Å². The highest BCUT2D eigenvalue weighted by Crippen LogP contribution is 2.18.